The van der Waals surface area contributed by atoms with E-state index < -0.39 is 15.6 Å². The fourth-order valence-corrected chi connectivity index (χ4v) is 4.71. The first-order valence-electron chi connectivity index (χ1n) is 9.63. The van der Waals surface area contributed by atoms with Gasteiger partial charge < -0.3 is 5.32 Å². The standard InChI is InChI=1S/C22H22ClN5O2S/c1-22(2,3)27-31(29,30)19-6-4-5-15(13-19)20-12-11-18-14-24-21(26-28(18)20)25-17-9-7-16(23)8-10-17/h4-14,27H,1-3H3,(H,25,26). The molecule has 9 heteroatoms. The van der Waals surface area contributed by atoms with Gasteiger partial charge in [-0.2, -0.15) is 0 Å². The SMILES string of the molecule is CC(C)(C)NS(=O)(=O)c1cccc(-c2ccc3cnc(Nc4ccc(Cl)cc4)nn23)c1. The number of nitrogens with zero attached hydrogens (tertiary/aromatic N) is 3. The Labute approximate surface area is 186 Å². The van der Waals surface area contributed by atoms with Gasteiger partial charge in [0.2, 0.25) is 16.0 Å². The second kappa shape index (κ2) is 7.96. The molecule has 4 rings (SSSR count). The molecule has 0 saturated carbocycles. The van der Waals surface area contributed by atoms with Crippen molar-refractivity contribution in [1.29, 1.82) is 0 Å². The average Bonchev–Trinajstić information content (AvgIpc) is 3.11. The molecule has 2 aromatic heterocycles. The first-order chi connectivity index (χ1) is 14.6. The summed E-state index contributed by atoms with van der Waals surface area (Å²) in [5.41, 5.74) is 2.50. The summed E-state index contributed by atoms with van der Waals surface area (Å²) >= 11 is 5.94. The molecule has 0 saturated heterocycles. The number of anilines is 2. The van der Waals surface area contributed by atoms with Gasteiger partial charge in [-0.3, -0.25) is 0 Å². The Morgan fingerprint density at radius 1 is 1.00 bits per heavy atom. The minimum atomic E-state index is -3.65. The lowest BCUT2D eigenvalue weighted by Crippen LogP contribution is -2.40. The highest BCUT2D eigenvalue weighted by atomic mass is 35.5. The van der Waals surface area contributed by atoms with Crippen LogP contribution in [-0.2, 0) is 10.0 Å². The third-order valence-electron chi connectivity index (χ3n) is 4.38. The minimum absolute atomic E-state index is 0.198. The molecule has 2 heterocycles. The molecule has 0 fully saturated rings. The summed E-state index contributed by atoms with van der Waals surface area (Å²) in [6, 6.07) is 17.8. The molecule has 0 unspecified atom stereocenters. The predicted octanol–water partition coefficient (Wildman–Crippen LogP) is 4.87. The highest BCUT2D eigenvalue weighted by molar-refractivity contribution is 7.89. The Kier molecular flexibility index (Phi) is 5.47. The molecule has 0 aliphatic rings. The van der Waals surface area contributed by atoms with Gasteiger partial charge >= 0.3 is 0 Å². The molecule has 0 atom stereocenters. The average molecular weight is 456 g/mol. The number of aromatic nitrogens is 3. The van der Waals surface area contributed by atoms with E-state index in [0.29, 0.717) is 11.0 Å². The van der Waals surface area contributed by atoms with Crippen molar-refractivity contribution in [3.8, 4) is 11.3 Å². The zero-order chi connectivity index (χ0) is 22.2. The van der Waals surface area contributed by atoms with E-state index in [4.69, 9.17) is 11.6 Å². The Morgan fingerprint density at radius 3 is 2.45 bits per heavy atom. The molecular weight excluding hydrogens is 434 g/mol. The van der Waals surface area contributed by atoms with Crippen LogP contribution in [0.2, 0.25) is 5.02 Å². The third kappa shape index (κ3) is 4.87. The van der Waals surface area contributed by atoms with Crippen molar-refractivity contribution in [1.82, 2.24) is 19.3 Å². The van der Waals surface area contributed by atoms with E-state index in [1.54, 1.807) is 61.8 Å². The van der Waals surface area contributed by atoms with Gasteiger partial charge in [0.25, 0.3) is 0 Å². The summed E-state index contributed by atoms with van der Waals surface area (Å²) < 4.78 is 29.9. The first-order valence-corrected chi connectivity index (χ1v) is 11.5. The Balaban J connectivity index is 1.71. The van der Waals surface area contributed by atoms with Crippen molar-refractivity contribution in [2.75, 3.05) is 5.32 Å². The zero-order valence-corrected chi connectivity index (χ0v) is 18.9. The molecule has 7 nitrogen and oxygen atoms in total. The summed E-state index contributed by atoms with van der Waals surface area (Å²) in [6.45, 7) is 5.42. The molecule has 0 radical (unpaired) electrons. The van der Waals surface area contributed by atoms with Gasteiger partial charge in [-0.25, -0.2) is 22.6 Å². The largest absolute Gasteiger partial charge is 0.323 e. The van der Waals surface area contributed by atoms with Gasteiger partial charge in [0, 0.05) is 21.8 Å². The van der Waals surface area contributed by atoms with Crippen LogP contribution >= 0.6 is 11.6 Å². The maximum Gasteiger partial charge on any atom is 0.245 e. The monoisotopic (exact) mass is 455 g/mol. The molecule has 0 aliphatic carbocycles. The van der Waals surface area contributed by atoms with Crippen LogP contribution in [0.4, 0.5) is 11.6 Å². The van der Waals surface area contributed by atoms with Crippen molar-refractivity contribution in [3.05, 3.63) is 71.9 Å². The Bertz CT molecular complexity index is 1340. The fraction of sp³-hybridized carbons (Fsp3) is 0.182. The van der Waals surface area contributed by atoms with Crippen LogP contribution in [0.5, 0.6) is 0 Å². The molecule has 0 bridgehead atoms. The van der Waals surface area contributed by atoms with Crippen LogP contribution in [0.15, 0.2) is 71.8 Å². The molecule has 0 aliphatic heterocycles. The maximum absolute atomic E-state index is 12.8. The normalized spacial score (nSPS) is 12.3. The number of sulfonamides is 1. The fourth-order valence-electron chi connectivity index (χ4n) is 3.12. The summed E-state index contributed by atoms with van der Waals surface area (Å²) in [6.07, 6.45) is 1.70. The lowest BCUT2D eigenvalue weighted by Gasteiger charge is -2.20. The zero-order valence-electron chi connectivity index (χ0n) is 17.3. The number of hydrogen-bond acceptors (Lipinski definition) is 5. The molecule has 160 valence electrons. The van der Waals surface area contributed by atoms with E-state index in [-0.39, 0.29) is 4.90 Å². The van der Waals surface area contributed by atoms with Crippen molar-refractivity contribution >= 4 is 38.8 Å². The molecular formula is C22H22ClN5O2S. The second-order valence-electron chi connectivity index (χ2n) is 8.15. The number of benzene rings is 2. The summed E-state index contributed by atoms with van der Waals surface area (Å²) in [5, 5.41) is 8.37. The molecule has 0 amide bonds. The van der Waals surface area contributed by atoms with Crippen molar-refractivity contribution in [2.24, 2.45) is 0 Å². The van der Waals surface area contributed by atoms with Gasteiger partial charge in [0.1, 0.15) is 0 Å². The van der Waals surface area contributed by atoms with Gasteiger partial charge in [-0.05, 0) is 69.3 Å². The Hall–Kier alpha value is -2.94. The summed E-state index contributed by atoms with van der Waals surface area (Å²) in [4.78, 5) is 4.54. The van der Waals surface area contributed by atoms with E-state index in [1.165, 1.54) is 0 Å². The van der Waals surface area contributed by atoms with Gasteiger partial charge in [0.15, 0.2) is 0 Å². The summed E-state index contributed by atoms with van der Waals surface area (Å²) in [5.74, 6) is 0.408. The summed E-state index contributed by atoms with van der Waals surface area (Å²) in [7, 11) is -3.65. The van der Waals surface area contributed by atoms with Crippen LogP contribution in [-0.4, -0.2) is 28.6 Å². The van der Waals surface area contributed by atoms with E-state index in [1.807, 2.05) is 30.3 Å². The van der Waals surface area contributed by atoms with Crippen molar-refractivity contribution < 1.29 is 8.42 Å². The number of fused-ring (bicyclic) bond motifs is 1. The Morgan fingerprint density at radius 2 is 1.74 bits per heavy atom. The minimum Gasteiger partial charge on any atom is -0.323 e. The van der Waals surface area contributed by atoms with Crippen molar-refractivity contribution in [3.63, 3.8) is 0 Å². The van der Waals surface area contributed by atoms with Crippen molar-refractivity contribution in [2.45, 2.75) is 31.2 Å². The van der Waals surface area contributed by atoms with E-state index in [0.717, 1.165) is 22.5 Å². The van der Waals surface area contributed by atoms with Gasteiger partial charge in [0.05, 0.1) is 22.3 Å². The highest BCUT2D eigenvalue weighted by Gasteiger charge is 2.22. The smallest absolute Gasteiger partial charge is 0.245 e. The lowest BCUT2D eigenvalue weighted by molar-refractivity contribution is 0.491. The maximum atomic E-state index is 12.8. The van der Waals surface area contributed by atoms with Crippen LogP contribution in [0.1, 0.15) is 20.8 Å². The second-order valence-corrected chi connectivity index (χ2v) is 10.3. The topological polar surface area (TPSA) is 88.4 Å². The molecule has 2 aromatic carbocycles. The predicted molar refractivity (Wildman–Crippen MR) is 123 cm³/mol. The quantitative estimate of drug-likeness (QED) is 0.448. The van der Waals surface area contributed by atoms with Crippen LogP contribution in [0.3, 0.4) is 0 Å². The van der Waals surface area contributed by atoms with Gasteiger partial charge in [-0.1, -0.05) is 23.7 Å². The number of rotatable bonds is 5. The third-order valence-corrected chi connectivity index (χ3v) is 6.39. The first kappa shape index (κ1) is 21.3. The molecule has 31 heavy (non-hydrogen) atoms. The van der Waals surface area contributed by atoms with E-state index in [9.17, 15) is 8.42 Å². The number of nitrogens with one attached hydrogen (secondary N) is 2. The van der Waals surface area contributed by atoms with Crippen LogP contribution in [0.25, 0.3) is 16.8 Å². The van der Waals surface area contributed by atoms with E-state index in [2.05, 4.69) is 20.1 Å². The van der Waals surface area contributed by atoms with Crippen LogP contribution < -0.4 is 10.0 Å². The van der Waals surface area contributed by atoms with E-state index >= 15 is 0 Å². The van der Waals surface area contributed by atoms with Crippen LogP contribution in [0, 0.1) is 0 Å². The lowest BCUT2D eigenvalue weighted by atomic mass is 10.1. The molecule has 4 aromatic rings. The number of hydrogen-bond donors (Lipinski definition) is 2. The molecule has 2 N–H and O–H groups in total. The van der Waals surface area contributed by atoms with Gasteiger partial charge in [-0.15, -0.1) is 5.10 Å². The number of halogens is 1. The molecule has 0 spiro atoms. The highest BCUT2D eigenvalue weighted by Crippen LogP contribution is 2.26.